The van der Waals surface area contributed by atoms with Gasteiger partial charge in [-0.25, -0.2) is 4.79 Å². The first-order valence-corrected chi connectivity index (χ1v) is 19.1. The summed E-state index contributed by atoms with van der Waals surface area (Å²) in [6.07, 6.45) is 19.5. The van der Waals surface area contributed by atoms with Crippen molar-refractivity contribution in [1.82, 2.24) is 5.06 Å². The predicted octanol–water partition coefficient (Wildman–Crippen LogP) is 9.98. The lowest BCUT2D eigenvalue weighted by Crippen LogP contribution is -2.36. The molecule has 1 saturated heterocycles. The minimum atomic E-state index is -0.532. The molecule has 49 heavy (non-hydrogen) atoms. The van der Waals surface area contributed by atoms with E-state index >= 15 is 0 Å². The van der Waals surface area contributed by atoms with Crippen LogP contribution in [0.1, 0.15) is 166 Å². The fraction of sp³-hybridized carbons (Fsp3) is 0.786. The van der Waals surface area contributed by atoms with E-state index in [2.05, 4.69) is 53.3 Å². The highest BCUT2D eigenvalue weighted by Crippen LogP contribution is 2.60. The number of carbonyl (C=O) groups excluding carboxylic acids is 3. The number of nitrogens with zero attached hydrogens (tertiary/aromatic N) is 1. The summed E-state index contributed by atoms with van der Waals surface area (Å²) in [4.78, 5) is 38.4. The van der Waals surface area contributed by atoms with Crippen molar-refractivity contribution in [3.05, 3.63) is 35.5 Å². The van der Waals surface area contributed by atoms with Crippen LogP contribution in [0.3, 0.4) is 0 Å². The number of carbonyl (C=O) groups is 3. The first kappa shape index (κ1) is 41.2. The summed E-state index contributed by atoms with van der Waals surface area (Å²) in [5.41, 5.74) is 4.26. The van der Waals surface area contributed by atoms with Gasteiger partial charge >= 0.3 is 5.97 Å². The maximum absolute atomic E-state index is 11.4. The number of allylic oxidation sites excluding steroid dienone is 4. The number of amides is 2. The van der Waals surface area contributed by atoms with Crippen LogP contribution in [0, 0.1) is 28.6 Å². The SMILES string of the molecule is C=C1CC[C@H](OC(C)(C)C)C/C1=C/C=C1\CCC[C@]2(C)[C@@H]([C@H](C)CCCC(C)(C)O)CC[C@@H]12.CC(C)(C)CCC(=O)ON1C(=O)CCC1=O. The molecule has 4 aliphatic rings. The first-order chi connectivity index (χ1) is 22.6. The maximum atomic E-state index is 11.4. The van der Waals surface area contributed by atoms with Crippen LogP contribution in [-0.2, 0) is 24.0 Å². The molecule has 0 aromatic rings. The first-order valence-electron chi connectivity index (χ1n) is 19.1. The molecule has 3 saturated carbocycles. The fourth-order valence-electron chi connectivity index (χ4n) is 8.54. The van der Waals surface area contributed by atoms with Gasteiger partial charge in [-0.2, -0.15) is 0 Å². The number of imide groups is 1. The van der Waals surface area contributed by atoms with Gasteiger partial charge in [-0.15, -0.1) is 5.06 Å². The molecule has 4 fully saturated rings. The summed E-state index contributed by atoms with van der Waals surface area (Å²) in [5.74, 6) is 0.897. The highest BCUT2D eigenvalue weighted by molar-refractivity contribution is 6.01. The third-order valence-corrected chi connectivity index (χ3v) is 11.1. The minimum Gasteiger partial charge on any atom is -0.390 e. The van der Waals surface area contributed by atoms with Gasteiger partial charge in [0.05, 0.1) is 17.3 Å². The van der Waals surface area contributed by atoms with Crippen molar-refractivity contribution in [2.45, 2.75) is 183 Å². The summed E-state index contributed by atoms with van der Waals surface area (Å²) < 4.78 is 6.31. The summed E-state index contributed by atoms with van der Waals surface area (Å²) in [7, 11) is 0. The Morgan fingerprint density at radius 1 is 0.980 bits per heavy atom. The average Bonchev–Trinajstić information content (AvgIpc) is 3.49. The lowest BCUT2D eigenvalue weighted by molar-refractivity contribution is -0.197. The van der Waals surface area contributed by atoms with Crippen molar-refractivity contribution in [3.63, 3.8) is 0 Å². The number of hydroxylamine groups is 2. The smallest absolute Gasteiger partial charge is 0.333 e. The normalized spacial score (nSPS) is 28.8. The second-order valence-electron chi connectivity index (χ2n) is 18.5. The molecule has 5 atom stereocenters. The van der Waals surface area contributed by atoms with Crippen LogP contribution in [0.15, 0.2) is 35.5 Å². The molecule has 2 amide bonds. The van der Waals surface area contributed by atoms with E-state index < -0.39 is 23.4 Å². The summed E-state index contributed by atoms with van der Waals surface area (Å²) in [6.45, 7) is 25.8. The maximum Gasteiger partial charge on any atom is 0.333 e. The van der Waals surface area contributed by atoms with Gasteiger partial charge in [0.25, 0.3) is 11.8 Å². The molecular weight excluding hydrogens is 614 g/mol. The molecule has 7 heteroatoms. The molecule has 1 heterocycles. The number of hydrogen-bond donors (Lipinski definition) is 1. The molecule has 1 aliphatic heterocycles. The predicted molar refractivity (Wildman–Crippen MR) is 197 cm³/mol. The fourth-order valence-corrected chi connectivity index (χ4v) is 8.54. The zero-order valence-electron chi connectivity index (χ0n) is 32.7. The van der Waals surface area contributed by atoms with E-state index in [0.29, 0.717) is 23.0 Å². The number of ether oxygens (including phenoxy) is 1. The quantitative estimate of drug-likeness (QED) is 0.231. The Balaban J connectivity index is 0.000000341. The topological polar surface area (TPSA) is 93.1 Å². The van der Waals surface area contributed by atoms with E-state index in [9.17, 15) is 19.5 Å². The molecule has 4 rings (SSSR count). The molecule has 1 N–H and O–H groups in total. The monoisotopic (exact) mass is 684 g/mol. The Labute approximate surface area is 298 Å². The molecule has 0 bridgehead atoms. The van der Waals surface area contributed by atoms with Gasteiger partial charge in [0.15, 0.2) is 0 Å². The van der Waals surface area contributed by atoms with Gasteiger partial charge in [0, 0.05) is 19.3 Å². The lowest BCUT2D eigenvalue weighted by atomic mass is 9.60. The van der Waals surface area contributed by atoms with E-state index in [0.717, 1.165) is 49.9 Å². The van der Waals surface area contributed by atoms with Crippen LogP contribution >= 0.6 is 0 Å². The van der Waals surface area contributed by atoms with Crippen LogP contribution in [0.5, 0.6) is 0 Å². The summed E-state index contributed by atoms with van der Waals surface area (Å²) in [5, 5.41) is 10.7. The highest BCUT2D eigenvalue weighted by atomic mass is 16.7. The third-order valence-electron chi connectivity index (χ3n) is 11.1. The zero-order valence-corrected chi connectivity index (χ0v) is 32.7. The van der Waals surface area contributed by atoms with Crippen molar-refractivity contribution in [3.8, 4) is 0 Å². The lowest BCUT2D eigenvalue weighted by Gasteiger charge is -2.44. The Morgan fingerprint density at radius 2 is 1.63 bits per heavy atom. The Morgan fingerprint density at radius 3 is 2.22 bits per heavy atom. The molecule has 0 spiro atoms. The summed E-state index contributed by atoms with van der Waals surface area (Å²) >= 11 is 0. The van der Waals surface area contributed by atoms with Gasteiger partial charge in [-0.05, 0) is 133 Å². The molecule has 0 aromatic heterocycles. The van der Waals surface area contributed by atoms with Gasteiger partial charge < -0.3 is 14.7 Å². The zero-order chi connectivity index (χ0) is 36.8. The highest BCUT2D eigenvalue weighted by Gasteiger charge is 2.50. The summed E-state index contributed by atoms with van der Waals surface area (Å²) in [6, 6.07) is 0. The van der Waals surface area contributed by atoms with Crippen LogP contribution in [-0.4, -0.2) is 45.3 Å². The van der Waals surface area contributed by atoms with E-state index in [1.165, 1.54) is 49.7 Å². The van der Waals surface area contributed by atoms with Crippen LogP contribution < -0.4 is 0 Å². The Bertz CT molecular complexity index is 1220. The van der Waals surface area contributed by atoms with Crippen molar-refractivity contribution in [1.29, 1.82) is 0 Å². The number of rotatable bonds is 10. The molecule has 3 aliphatic carbocycles. The molecule has 0 aromatic carbocycles. The van der Waals surface area contributed by atoms with Crippen molar-refractivity contribution >= 4 is 17.8 Å². The third kappa shape index (κ3) is 12.8. The van der Waals surface area contributed by atoms with Gasteiger partial charge in [0.2, 0.25) is 0 Å². The Hall–Kier alpha value is -2.25. The molecule has 278 valence electrons. The molecule has 0 radical (unpaired) electrons. The molecular formula is C42H69NO6. The van der Waals surface area contributed by atoms with Crippen molar-refractivity contribution in [2.75, 3.05) is 0 Å². The van der Waals surface area contributed by atoms with Crippen LogP contribution in [0.4, 0.5) is 0 Å². The number of hydrogen-bond acceptors (Lipinski definition) is 6. The largest absolute Gasteiger partial charge is 0.390 e. The number of fused-ring (bicyclic) bond motifs is 1. The van der Waals surface area contributed by atoms with Gasteiger partial charge in [-0.1, -0.05) is 77.3 Å². The second-order valence-corrected chi connectivity index (χ2v) is 18.5. The average molecular weight is 684 g/mol. The minimum absolute atomic E-state index is 0.0258. The Kier molecular flexibility index (Phi) is 14.2. The standard InChI is InChI=1S/C31H52O2.C11H17NO4/c1-22-13-16-26(33-29(3,4)5)21-25(22)15-14-24-12-10-20-31(8)27(17-18-28(24)31)23(2)11-9-19-30(6,7)32;1-11(2,3)7-6-10(15)16-12-8(13)4-5-9(12)14/h14-15,23,26-28,32H,1,9-13,16-21H2,2-8H3;4-7H2,1-3H3/b24-14+,25-15-;/t23-,26+,27-,28+,31-;/m1./s1. The second kappa shape index (κ2) is 16.8. The van der Waals surface area contributed by atoms with Crippen LogP contribution in [0.25, 0.3) is 0 Å². The van der Waals surface area contributed by atoms with Gasteiger partial charge in [-0.3, -0.25) is 9.59 Å². The van der Waals surface area contributed by atoms with Crippen molar-refractivity contribution < 1.29 is 29.1 Å². The van der Waals surface area contributed by atoms with E-state index in [4.69, 9.17) is 9.57 Å². The van der Waals surface area contributed by atoms with E-state index in [-0.39, 0.29) is 30.3 Å². The molecule has 7 nitrogen and oxygen atoms in total. The van der Waals surface area contributed by atoms with Crippen molar-refractivity contribution in [2.24, 2.45) is 28.6 Å². The van der Waals surface area contributed by atoms with Gasteiger partial charge in [0.1, 0.15) is 0 Å². The van der Waals surface area contributed by atoms with E-state index in [1.54, 1.807) is 5.57 Å². The number of aliphatic hydroxyl groups is 1. The van der Waals surface area contributed by atoms with Crippen LogP contribution in [0.2, 0.25) is 0 Å². The van der Waals surface area contributed by atoms with E-state index in [1.807, 2.05) is 34.6 Å². The molecule has 0 unspecified atom stereocenters.